The Hall–Kier alpha value is -4.71. The summed E-state index contributed by atoms with van der Waals surface area (Å²) in [5, 5.41) is 0. The predicted octanol–water partition coefficient (Wildman–Crippen LogP) is 16.9. The summed E-state index contributed by atoms with van der Waals surface area (Å²) in [5.41, 5.74) is 0. The zero-order valence-corrected chi connectivity index (χ0v) is 41.2. The van der Waals surface area contributed by atoms with Gasteiger partial charge >= 0.3 is 17.9 Å². The monoisotopic (exact) mass is 895 g/mol. The topological polar surface area (TPSA) is 78.9 Å². The van der Waals surface area contributed by atoms with E-state index in [0.29, 0.717) is 19.3 Å². The molecule has 0 N–H and O–H groups in total. The lowest BCUT2D eigenvalue weighted by Crippen LogP contribution is -2.30. The van der Waals surface area contributed by atoms with Crippen LogP contribution in [0.2, 0.25) is 0 Å². The molecule has 0 heterocycles. The smallest absolute Gasteiger partial charge is 0.306 e. The Morgan fingerprint density at radius 3 is 1.06 bits per heavy atom. The van der Waals surface area contributed by atoms with Gasteiger partial charge in [-0.1, -0.05) is 224 Å². The minimum absolute atomic E-state index is 0.118. The number of hydrogen-bond donors (Lipinski definition) is 0. The van der Waals surface area contributed by atoms with Crippen LogP contribution in [0.4, 0.5) is 0 Å². The second kappa shape index (κ2) is 51.9. The summed E-state index contributed by atoms with van der Waals surface area (Å²) in [7, 11) is 0. The molecular weight excluding hydrogens is 805 g/mol. The van der Waals surface area contributed by atoms with Crippen LogP contribution < -0.4 is 0 Å². The fourth-order valence-corrected chi connectivity index (χ4v) is 6.31. The standard InChI is InChI=1S/C59H90O6/c1-4-7-10-13-16-19-22-25-27-28-29-30-32-34-37-40-43-46-49-52-58(61)64-55-56(54-63-57(60)51-48-45-42-39-36-33-24-21-18-15-12-9-6-3)65-59(62)53-50-47-44-41-38-35-31-26-23-20-17-14-11-8-5-2/h7-12,14-21,23-27,31,33,35-36,38,56H,4-6,13,22,28-30,32,34,37,39-55H2,1-3H3/b10-7+,11-8+,12-9+,17-14+,18-15+,19-16+,23-20+,24-21+,27-25+,31-26+,36-33+,38-35+. The highest BCUT2D eigenvalue weighted by Crippen LogP contribution is 2.13. The molecule has 0 rings (SSSR count). The largest absolute Gasteiger partial charge is 0.462 e. The first kappa shape index (κ1) is 60.3. The van der Waals surface area contributed by atoms with Crippen LogP contribution in [0.15, 0.2) is 146 Å². The van der Waals surface area contributed by atoms with Gasteiger partial charge < -0.3 is 14.2 Å². The van der Waals surface area contributed by atoms with Crippen LogP contribution in [0, 0.1) is 0 Å². The van der Waals surface area contributed by atoms with Gasteiger partial charge in [0.2, 0.25) is 0 Å². The quantitative estimate of drug-likeness (QED) is 0.0199. The summed E-state index contributed by atoms with van der Waals surface area (Å²) in [6, 6.07) is 0. The second-order valence-electron chi connectivity index (χ2n) is 16.1. The molecule has 6 nitrogen and oxygen atoms in total. The molecule has 1 atom stereocenters. The highest BCUT2D eigenvalue weighted by molar-refractivity contribution is 5.71. The van der Waals surface area contributed by atoms with Crippen molar-refractivity contribution in [1.82, 2.24) is 0 Å². The van der Waals surface area contributed by atoms with Gasteiger partial charge in [0, 0.05) is 19.3 Å². The number of allylic oxidation sites excluding steroid dienone is 24. The van der Waals surface area contributed by atoms with E-state index in [-0.39, 0.29) is 37.5 Å². The van der Waals surface area contributed by atoms with Crippen molar-refractivity contribution < 1.29 is 28.6 Å². The molecule has 0 amide bonds. The molecule has 0 aliphatic heterocycles. The zero-order valence-electron chi connectivity index (χ0n) is 41.2. The van der Waals surface area contributed by atoms with E-state index >= 15 is 0 Å². The third kappa shape index (κ3) is 50.2. The third-order valence-corrected chi connectivity index (χ3v) is 10.0. The van der Waals surface area contributed by atoms with Gasteiger partial charge in [0.15, 0.2) is 6.10 Å². The van der Waals surface area contributed by atoms with Crippen LogP contribution in [0.25, 0.3) is 0 Å². The number of hydrogen-bond acceptors (Lipinski definition) is 6. The van der Waals surface area contributed by atoms with Crippen molar-refractivity contribution in [2.45, 2.75) is 194 Å². The van der Waals surface area contributed by atoms with Crippen molar-refractivity contribution in [2.75, 3.05) is 13.2 Å². The van der Waals surface area contributed by atoms with E-state index in [1.54, 1.807) is 0 Å². The van der Waals surface area contributed by atoms with Crippen LogP contribution >= 0.6 is 0 Å². The average Bonchev–Trinajstić information content (AvgIpc) is 3.30. The zero-order chi connectivity index (χ0) is 47.2. The average molecular weight is 895 g/mol. The van der Waals surface area contributed by atoms with Gasteiger partial charge in [0.05, 0.1) is 0 Å². The van der Waals surface area contributed by atoms with Gasteiger partial charge in [-0.05, 0) is 89.9 Å². The molecular formula is C59H90O6. The molecule has 0 aliphatic rings. The Kier molecular flexibility index (Phi) is 48.2. The first-order valence-corrected chi connectivity index (χ1v) is 25.5. The fourth-order valence-electron chi connectivity index (χ4n) is 6.31. The van der Waals surface area contributed by atoms with Crippen LogP contribution in [-0.2, 0) is 28.6 Å². The maximum absolute atomic E-state index is 12.8. The van der Waals surface area contributed by atoms with E-state index in [0.717, 1.165) is 103 Å². The normalized spacial score (nSPS) is 13.3. The van der Waals surface area contributed by atoms with E-state index < -0.39 is 6.10 Å². The van der Waals surface area contributed by atoms with Crippen molar-refractivity contribution in [3.05, 3.63) is 146 Å². The summed E-state index contributed by atoms with van der Waals surface area (Å²) in [6.45, 7) is 6.14. The maximum Gasteiger partial charge on any atom is 0.306 e. The summed E-state index contributed by atoms with van der Waals surface area (Å²) in [5.74, 6) is -1.02. The van der Waals surface area contributed by atoms with E-state index in [1.807, 2.05) is 85.1 Å². The molecule has 0 fully saturated rings. The van der Waals surface area contributed by atoms with Crippen molar-refractivity contribution >= 4 is 17.9 Å². The number of rotatable bonds is 43. The third-order valence-electron chi connectivity index (χ3n) is 10.0. The number of unbranched alkanes of at least 4 members (excludes halogenated alkanes) is 15. The fraction of sp³-hybridized carbons (Fsp3) is 0.542. The Labute approximate surface area is 397 Å². The van der Waals surface area contributed by atoms with Crippen molar-refractivity contribution in [3.8, 4) is 0 Å². The molecule has 362 valence electrons. The van der Waals surface area contributed by atoms with E-state index in [4.69, 9.17) is 14.2 Å². The van der Waals surface area contributed by atoms with E-state index in [1.165, 1.54) is 38.5 Å². The first-order valence-electron chi connectivity index (χ1n) is 25.5. The van der Waals surface area contributed by atoms with Gasteiger partial charge in [-0.25, -0.2) is 0 Å². The lowest BCUT2D eigenvalue weighted by Gasteiger charge is -2.18. The first-order chi connectivity index (χ1) is 32.0. The van der Waals surface area contributed by atoms with Crippen LogP contribution in [-0.4, -0.2) is 37.2 Å². The molecule has 0 radical (unpaired) electrons. The second-order valence-corrected chi connectivity index (χ2v) is 16.1. The lowest BCUT2D eigenvalue weighted by atomic mass is 10.1. The van der Waals surface area contributed by atoms with Crippen LogP contribution in [0.1, 0.15) is 188 Å². The van der Waals surface area contributed by atoms with Crippen LogP contribution in [0.3, 0.4) is 0 Å². The highest BCUT2D eigenvalue weighted by Gasteiger charge is 2.19. The summed E-state index contributed by atoms with van der Waals surface area (Å²) in [4.78, 5) is 38.0. The number of carbonyl (C=O) groups excluding carboxylic acids is 3. The minimum Gasteiger partial charge on any atom is -0.462 e. The lowest BCUT2D eigenvalue weighted by molar-refractivity contribution is -0.167. The summed E-state index contributed by atoms with van der Waals surface area (Å²) < 4.78 is 16.7. The van der Waals surface area contributed by atoms with Crippen LogP contribution in [0.5, 0.6) is 0 Å². The molecule has 0 saturated heterocycles. The molecule has 65 heavy (non-hydrogen) atoms. The molecule has 0 spiro atoms. The highest BCUT2D eigenvalue weighted by atomic mass is 16.6. The number of ether oxygens (including phenoxy) is 3. The molecule has 0 aromatic heterocycles. The van der Waals surface area contributed by atoms with Gasteiger partial charge in [0.25, 0.3) is 0 Å². The predicted molar refractivity (Wildman–Crippen MR) is 279 cm³/mol. The van der Waals surface area contributed by atoms with Crippen molar-refractivity contribution in [1.29, 1.82) is 0 Å². The summed E-state index contributed by atoms with van der Waals surface area (Å²) in [6.07, 6.45) is 74.0. The Morgan fingerprint density at radius 1 is 0.323 bits per heavy atom. The molecule has 0 aliphatic carbocycles. The SMILES string of the molecule is CC/C=C/C=C/C=C/C=C/C=C/CCCCCC(=O)OC(COC(=O)CCCCC/C=C/C=C/C=C/C=C/CC)COC(=O)CCCCCCCCCCC/C=C/C/C=C/C/C=C/CC. The molecule has 0 aromatic rings. The number of esters is 3. The molecule has 1 unspecified atom stereocenters. The Bertz CT molecular complexity index is 1490. The van der Waals surface area contributed by atoms with Crippen molar-refractivity contribution in [2.24, 2.45) is 0 Å². The number of carbonyl (C=O) groups is 3. The van der Waals surface area contributed by atoms with Gasteiger partial charge in [-0.2, -0.15) is 0 Å². The van der Waals surface area contributed by atoms with Gasteiger partial charge in [-0.3, -0.25) is 14.4 Å². The van der Waals surface area contributed by atoms with E-state index in [9.17, 15) is 14.4 Å². The minimum atomic E-state index is -0.825. The van der Waals surface area contributed by atoms with Gasteiger partial charge in [0.1, 0.15) is 13.2 Å². The van der Waals surface area contributed by atoms with Gasteiger partial charge in [-0.15, -0.1) is 0 Å². The molecule has 0 aromatic carbocycles. The Balaban J connectivity index is 4.52. The van der Waals surface area contributed by atoms with Crippen molar-refractivity contribution in [3.63, 3.8) is 0 Å². The molecule has 0 bridgehead atoms. The maximum atomic E-state index is 12.8. The molecule has 6 heteroatoms. The molecule has 0 saturated carbocycles. The Morgan fingerprint density at radius 2 is 0.631 bits per heavy atom. The summed E-state index contributed by atoms with van der Waals surface area (Å²) >= 11 is 0. The van der Waals surface area contributed by atoms with E-state index in [2.05, 4.69) is 81.5 Å².